The highest BCUT2D eigenvalue weighted by atomic mass is 19.4. The molecule has 0 radical (unpaired) electrons. The highest BCUT2D eigenvalue weighted by molar-refractivity contribution is 5.87. The number of halogens is 6. The van der Waals surface area contributed by atoms with E-state index >= 15 is 0 Å². The van der Waals surface area contributed by atoms with E-state index in [1.807, 2.05) is 0 Å². The Morgan fingerprint density at radius 3 is 2.29 bits per heavy atom. The maximum absolute atomic E-state index is 13.6. The van der Waals surface area contributed by atoms with Crippen LogP contribution in [-0.2, 0) is 23.1 Å². The zero-order chi connectivity index (χ0) is 23.0. The van der Waals surface area contributed by atoms with Crippen LogP contribution in [0.2, 0.25) is 0 Å². The van der Waals surface area contributed by atoms with Gasteiger partial charge in [-0.25, -0.2) is 4.98 Å². The first-order valence-electron chi connectivity index (χ1n) is 8.57. The average Bonchev–Trinajstić information content (AvgIpc) is 2.70. The van der Waals surface area contributed by atoms with E-state index in [9.17, 15) is 41.0 Å². The summed E-state index contributed by atoms with van der Waals surface area (Å²) in [6.45, 7) is -0.726. The van der Waals surface area contributed by atoms with Crippen molar-refractivity contribution in [1.82, 2.24) is 15.3 Å². The maximum Gasteiger partial charge on any atom is 0.430 e. The smallest absolute Gasteiger partial charge is 0.369 e. The molecule has 1 atom stereocenters. The number of benzene rings is 2. The SMILES string of the molecule is O=C(NCc1nc2ccccc2c(=O)[nH]1)[C@](O)(c1cccc(C(F)(F)F)c1)C(F)(F)F. The van der Waals surface area contributed by atoms with E-state index in [0.29, 0.717) is 18.2 Å². The number of alkyl halides is 6. The molecule has 1 heterocycles. The van der Waals surface area contributed by atoms with Crippen molar-refractivity contribution in [2.45, 2.75) is 24.5 Å². The topological polar surface area (TPSA) is 95.1 Å². The average molecular weight is 445 g/mol. The Kier molecular flexibility index (Phi) is 5.53. The van der Waals surface area contributed by atoms with Crippen LogP contribution in [0.3, 0.4) is 0 Å². The fourth-order valence-electron chi connectivity index (χ4n) is 2.85. The van der Waals surface area contributed by atoms with E-state index in [0.717, 1.165) is 0 Å². The van der Waals surface area contributed by atoms with Crippen molar-refractivity contribution < 1.29 is 36.2 Å². The molecule has 12 heteroatoms. The summed E-state index contributed by atoms with van der Waals surface area (Å²) in [6.07, 6.45) is -10.6. The lowest BCUT2D eigenvalue weighted by molar-refractivity contribution is -0.257. The first-order valence-corrected chi connectivity index (χ1v) is 8.57. The molecule has 0 saturated heterocycles. The molecule has 1 amide bonds. The molecule has 0 aliphatic heterocycles. The predicted molar refractivity (Wildman–Crippen MR) is 95.6 cm³/mol. The van der Waals surface area contributed by atoms with Gasteiger partial charge in [-0.1, -0.05) is 24.3 Å². The van der Waals surface area contributed by atoms with E-state index in [-0.39, 0.29) is 22.8 Å². The van der Waals surface area contributed by atoms with Crippen molar-refractivity contribution in [1.29, 1.82) is 0 Å². The van der Waals surface area contributed by atoms with E-state index < -0.39 is 47.1 Å². The number of rotatable bonds is 4. The molecule has 0 aliphatic rings. The van der Waals surface area contributed by atoms with Crippen LogP contribution in [0.4, 0.5) is 26.3 Å². The molecule has 1 aromatic heterocycles. The van der Waals surface area contributed by atoms with Crippen LogP contribution in [0, 0.1) is 0 Å². The first kappa shape index (κ1) is 22.3. The van der Waals surface area contributed by atoms with Crippen LogP contribution in [0.5, 0.6) is 0 Å². The highest BCUT2D eigenvalue weighted by Gasteiger charge is 2.61. The van der Waals surface area contributed by atoms with Gasteiger partial charge in [-0.2, -0.15) is 26.3 Å². The number of carbonyl (C=O) groups excluding carboxylic acids is 1. The van der Waals surface area contributed by atoms with Crippen molar-refractivity contribution in [3.8, 4) is 0 Å². The van der Waals surface area contributed by atoms with Gasteiger partial charge in [-0.05, 0) is 24.3 Å². The van der Waals surface area contributed by atoms with Gasteiger partial charge in [0.1, 0.15) is 5.82 Å². The van der Waals surface area contributed by atoms with Crippen LogP contribution in [0.25, 0.3) is 10.9 Å². The number of nitrogens with zero attached hydrogens (tertiary/aromatic N) is 1. The monoisotopic (exact) mass is 445 g/mol. The predicted octanol–water partition coefficient (Wildman–Crippen LogP) is 3.01. The second-order valence-electron chi connectivity index (χ2n) is 6.50. The molecule has 3 aromatic rings. The van der Waals surface area contributed by atoms with Crippen molar-refractivity contribution in [2.75, 3.05) is 0 Å². The number of carbonyl (C=O) groups is 1. The van der Waals surface area contributed by atoms with Crippen LogP contribution in [-0.4, -0.2) is 27.2 Å². The number of H-pyrrole nitrogens is 1. The van der Waals surface area contributed by atoms with Crippen LogP contribution >= 0.6 is 0 Å². The summed E-state index contributed by atoms with van der Waals surface area (Å²) in [7, 11) is 0. The molecule has 0 aliphatic carbocycles. The van der Waals surface area contributed by atoms with Crippen molar-refractivity contribution in [3.05, 3.63) is 75.8 Å². The normalized spacial score (nSPS) is 14.3. The van der Waals surface area contributed by atoms with Gasteiger partial charge >= 0.3 is 12.4 Å². The summed E-state index contributed by atoms with van der Waals surface area (Å²) < 4.78 is 79.5. The number of aromatic nitrogens is 2. The van der Waals surface area contributed by atoms with Gasteiger partial charge in [0, 0.05) is 5.56 Å². The Morgan fingerprint density at radius 1 is 1.00 bits per heavy atom. The molecule has 6 nitrogen and oxygen atoms in total. The Hall–Kier alpha value is -3.41. The largest absolute Gasteiger partial charge is 0.430 e. The lowest BCUT2D eigenvalue weighted by Crippen LogP contribution is -2.54. The number of para-hydroxylation sites is 1. The third kappa shape index (κ3) is 4.24. The van der Waals surface area contributed by atoms with Gasteiger partial charge in [0.2, 0.25) is 0 Å². The molecule has 0 spiro atoms. The number of hydrogen-bond acceptors (Lipinski definition) is 4. The summed E-state index contributed by atoms with van der Waals surface area (Å²) in [5, 5.41) is 12.2. The number of amides is 1. The molecule has 0 fully saturated rings. The quantitative estimate of drug-likeness (QED) is 0.538. The van der Waals surface area contributed by atoms with Gasteiger partial charge in [0.05, 0.1) is 23.0 Å². The lowest BCUT2D eigenvalue weighted by atomic mass is 9.90. The highest BCUT2D eigenvalue weighted by Crippen LogP contribution is 2.41. The molecule has 0 unspecified atom stereocenters. The van der Waals surface area contributed by atoms with Gasteiger partial charge < -0.3 is 15.4 Å². The van der Waals surface area contributed by atoms with E-state index in [4.69, 9.17) is 0 Å². The Balaban J connectivity index is 1.94. The number of hydrogen-bond donors (Lipinski definition) is 3. The molecule has 164 valence electrons. The Labute approximate surface area is 169 Å². The summed E-state index contributed by atoms with van der Waals surface area (Å²) in [5.41, 5.74) is -7.46. The maximum atomic E-state index is 13.6. The zero-order valence-corrected chi connectivity index (χ0v) is 15.3. The number of nitrogens with one attached hydrogen (secondary N) is 2. The molecular formula is C19H13F6N3O3. The van der Waals surface area contributed by atoms with Crippen molar-refractivity contribution in [2.24, 2.45) is 0 Å². The molecular weight excluding hydrogens is 432 g/mol. The van der Waals surface area contributed by atoms with E-state index in [1.54, 1.807) is 17.4 Å². The Morgan fingerprint density at radius 2 is 1.65 bits per heavy atom. The summed E-state index contributed by atoms with van der Waals surface area (Å²) in [6, 6.07) is 7.80. The van der Waals surface area contributed by atoms with Gasteiger partial charge in [-0.15, -0.1) is 0 Å². The minimum Gasteiger partial charge on any atom is -0.369 e. The molecule has 0 saturated carbocycles. The third-order valence-electron chi connectivity index (χ3n) is 4.42. The minimum absolute atomic E-state index is 0.0449. The Bertz CT molecular complexity index is 1190. The third-order valence-corrected chi connectivity index (χ3v) is 4.42. The zero-order valence-electron chi connectivity index (χ0n) is 15.3. The lowest BCUT2D eigenvalue weighted by Gasteiger charge is -2.30. The summed E-state index contributed by atoms with van der Waals surface area (Å²) in [5.74, 6) is -2.25. The summed E-state index contributed by atoms with van der Waals surface area (Å²) in [4.78, 5) is 30.6. The van der Waals surface area contributed by atoms with Crippen LogP contribution < -0.4 is 10.9 Å². The van der Waals surface area contributed by atoms with Crippen LogP contribution in [0.15, 0.2) is 53.3 Å². The summed E-state index contributed by atoms with van der Waals surface area (Å²) >= 11 is 0. The molecule has 3 N–H and O–H groups in total. The minimum atomic E-state index is -5.65. The second kappa shape index (κ2) is 7.69. The van der Waals surface area contributed by atoms with Gasteiger partial charge in [0.25, 0.3) is 17.1 Å². The molecule has 31 heavy (non-hydrogen) atoms. The molecule has 0 bridgehead atoms. The van der Waals surface area contributed by atoms with E-state index in [2.05, 4.69) is 9.97 Å². The van der Waals surface area contributed by atoms with Crippen molar-refractivity contribution in [3.63, 3.8) is 0 Å². The number of aromatic amines is 1. The fraction of sp³-hybridized carbons (Fsp3) is 0.211. The molecule has 3 rings (SSSR count). The van der Waals surface area contributed by atoms with Gasteiger partial charge in [0.15, 0.2) is 0 Å². The van der Waals surface area contributed by atoms with Crippen LogP contribution in [0.1, 0.15) is 17.0 Å². The standard InChI is InChI=1S/C19H13F6N3O3/c20-18(21,22)11-5-3-4-10(8-11)17(31,19(23,24)25)16(30)26-9-14-27-13-7-2-1-6-12(13)15(29)28-14/h1-8,31H,9H2,(H,26,30)(H,27,28,29)/t17-/m1/s1. The fourth-order valence-corrected chi connectivity index (χ4v) is 2.85. The molecule has 2 aromatic carbocycles. The van der Waals surface area contributed by atoms with E-state index in [1.165, 1.54) is 12.1 Å². The number of aliphatic hydroxyl groups is 1. The second-order valence-corrected chi connectivity index (χ2v) is 6.50. The first-order chi connectivity index (χ1) is 14.3. The number of fused-ring (bicyclic) bond motifs is 1. The van der Waals surface area contributed by atoms with Gasteiger partial charge in [-0.3, -0.25) is 9.59 Å². The van der Waals surface area contributed by atoms with Crippen molar-refractivity contribution >= 4 is 16.8 Å².